The minimum absolute atomic E-state index is 0.284. The van der Waals surface area contributed by atoms with Crippen LogP contribution in [0.2, 0.25) is 0 Å². The van der Waals surface area contributed by atoms with Crippen molar-refractivity contribution in [1.29, 1.82) is 0 Å². The van der Waals surface area contributed by atoms with E-state index in [9.17, 15) is 9.90 Å². The highest BCUT2D eigenvalue weighted by Gasteiger charge is 2.22. The molecule has 0 aliphatic carbocycles. The topological polar surface area (TPSA) is 84.6 Å². The Morgan fingerprint density at radius 2 is 2.29 bits per heavy atom. The van der Waals surface area contributed by atoms with Crippen LogP contribution in [0.4, 0.5) is 4.79 Å². The van der Waals surface area contributed by atoms with Crippen molar-refractivity contribution in [3.8, 4) is 0 Å². The van der Waals surface area contributed by atoms with Crippen LogP contribution in [-0.4, -0.2) is 28.6 Å². The summed E-state index contributed by atoms with van der Waals surface area (Å²) in [6.45, 7) is 6.76. The third-order valence-electron chi connectivity index (χ3n) is 1.86. The van der Waals surface area contributed by atoms with E-state index in [1.807, 2.05) is 0 Å². The third-order valence-corrected chi connectivity index (χ3v) is 1.86. The number of ether oxygens (including phenoxy) is 1. The fourth-order valence-electron chi connectivity index (χ4n) is 1.20. The average molecular weight is 242 g/mol. The molecule has 6 heteroatoms. The molecular weight excluding hydrogens is 224 g/mol. The number of aromatic nitrogens is 1. The SMILES string of the molecule is Cc1cc([C@H](CO)NC(=O)OC(C)(C)C)on1. The molecule has 17 heavy (non-hydrogen) atoms. The van der Waals surface area contributed by atoms with E-state index in [0.717, 1.165) is 0 Å². The van der Waals surface area contributed by atoms with Gasteiger partial charge in [-0.3, -0.25) is 0 Å². The Morgan fingerprint density at radius 3 is 2.71 bits per heavy atom. The molecule has 2 N–H and O–H groups in total. The number of carbonyl (C=O) groups is 1. The second-order valence-electron chi connectivity index (χ2n) is 4.75. The van der Waals surface area contributed by atoms with Crippen molar-refractivity contribution < 1.29 is 19.2 Å². The number of amides is 1. The van der Waals surface area contributed by atoms with Crippen LogP contribution in [0.1, 0.15) is 38.3 Å². The van der Waals surface area contributed by atoms with Crippen molar-refractivity contribution in [3.63, 3.8) is 0 Å². The Morgan fingerprint density at radius 1 is 1.65 bits per heavy atom. The summed E-state index contributed by atoms with van der Waals surface area (Å²) in [7, 11) is 0. The van der Waals surface area contributed by atoms with E-state index in [-0.39, 0.29) is 6.61 Å². The maximum atomic E-state index is 11.5. The number of aliphatic hydroxyl groups is 1. The van der Waals surface area contributed by atoms with E-state index in [1.54, 1.807) is 33.8 Å². The van der Waals surface area contributed by atoms with Crippen LogP contribution in [0.15, 0.2) is 10.6 Å². The van der Waals surface area contributed by atoms with Crippen LogP contribution in [-0.2, 0) is 4.74 Å². The summed E-state index contributed by atoms with van der Waals surface area (Å²) in [6.07, 6.45) is -0.606. The Hall–Kier alpha value is -1.56. The Labute approximate surface area is 99.9 Å². The summed E-state index contributed by atoms with van der Waals surface area (Å²) in [5.74, 6) is 0.399. The molecule has 0 aliphatic rings. The van der Waals surface area contributed by atoms with Crippen LogP contribution >= 0.6 is 0 Å². The van der Waals surface area contributed by atoms with Crippen LogP contribution < -0.4 is 5.32 Å². The van der Waals surface area contributed by atoms with Crippen LogP contribution in [0.3, 0.4) is 0 Å². The van der Waals surface area contributed by atoms with Gasteiger partial charge >= 0.3 is 6.09 Å². The third kappa shape index (κ3) is 4.44. The first kappa shape index (κ1) is 13.5. The fraction of sp³-hybridized carbons (Fsp3) is 0.636. The molecule has 0 saturated heterocycles. The number of nitrogens with zero attached hydrogens (tertiary/aromatic N) is 1. The molecule has 1 amide bonds. The molecule has 1 rings (SSSR count). The standard InChI is InChI=1S/C11H18N2O4/c1-7-5-9(17-13-7)8(6-14)12-10(15)16-11(2,3)4/h5,8,14H,6H2,1-4H3,(H,12,15)/t8-/m0/s1. The van der Waals surface area contributed by atoms with Gasteiger partial charge in [0.2, 0.25) is 0 Å². The number of nitrogens with one attached hydrogen (secondary N) is 1. The van der Waals surface area contributed by atoms with Gasteiger partial charge in [0.25, 0.3) is 0 Å². The van der Waals surface area contributed by atoms with Crippen molar-refractivity contribution >= 4 is 6.09 Å². The largest absolute Gasteiger partial charge is 0.444 e. The number of rotatable bonds is 3. The highest BCUT2D eigenvalue weighted by molar-refractivity contribution is 5.68. The Kier molecular flexibility index (Phi) is 4.11. The molecule has 1 aromatic heterocycles. The molecule has 0 spiro atoms. The first-order chi connectivity index (χ1) is 7.81. The predicted molar refractivity (Wildman–Crippen MR) is 60.4 cm³/mol. The average Bonchev–Trinajstić information content (AvgIpc) is 2.58. The quantitative estimate of drug-likeness (QED) is 0.839. The summed E-state index contributed by atoms with van der Waals surface area (Å²) < 4.78 is 10.0. The maximum absolute atomic E-state index is 11.5. The minimum Gasteiger partial charge on any atom is -0.444 e. The van der Waals surface area contributed by atoms with Gasteiger partial charge in [0.05, 0.1) is 12.3 Å². The van der Waals surface area contributed by atoms with Gasteiger partial charge in [-0.1, -0.05) is 5.16 Å². The zero-order valence-electron chi connectivity index (χ0n) is 10.5. The maximum Gasteiger partial charge on any atom is 0.408 e. The van der Waals surface area contributed by atoms with Crippen molar-refractivity contribution in [3.05, 3.63) is 17.5 Å². The summed E-state index contributed by atoms with van der Waals surface area (Å²) in [6, 6.07) is 1.00. The molecule has 0 radical (unpaired) electrons. The molecule has 0 aromatic carbocycles. The van der Waals surface area contributed by atoms with Gasteiger partial charge in [-0.05, 0) is 27.7 Å². The van der Waals surface area contributed by atoms with Gasteiger partial charge in [0.15, 0.2) is 5.76 Å². The summed E-state index contributed by atoms with van der Waals surface area (Å²) in [5.41, 5.74) is 0.103. The fourth-order valence-corrected chi connectivity index (χ4v) is 1.20. The van der Waals surface area contributed by atoms with E-state index in [1.165, 1.54) is 0 Å². The van der Waals surface area contributed by atoms with Crippen LogP contribution in [0.25, 0.3) is 0 Å². The molecule has 1 atom stereocenters. The lowest BCUT2D eigenvalue weighted by atomic mass is 10.2. The van der Waals surface area contributed by atoms with Gasteiger partial charge in [0.1, 0.15) is 11.6 Å². The molecule has 6 nitrogen and oxygen atoms in total. The van der Waals surface area contributed by atoms with E-state index in [4.69, 9.17) is 9.26 Å². The molecule has 0 unspecified atom stereocenters. The number of alkyl carbamates (subject to hydrolysis) is 1. The monoisotopic (exact) mass is 242 g/mol. The lowest BCUT2D eigenvalue weighted by molar-refractivity contribution is 0.0470. The van der Waals surface area contributed by atoms with Crippen LogP contribution in [0.5, 0.6) is 0 Å². The van der Waals surface area contributed by atoms with Crippen molar-refractivity contribution in [2.75, 3.05) is 6.61 Å². The number of carbonyl (C=O) groups excluding carboxylic acids is 1. The predicted octanol–water partition coefficient (Wildman–Crippen LogP) is 1.54. The van der Waals surface area contributed by atoms with Gasteiger partial charge in [0, 0.05) is 6.07 Å². The summed E-state index contributed by atoms with van der Waals surface area (Å²) in [5, 5.41) is 15.4. The molecule has 1 heterocycles. The van der Waals surface area contributed by atoms with Gasteiger partial charge < -0.3 is 19.7 Å². The first-order valence-corrected chi connectivity index (χ1v) is 5.35. The Bertz CT molecular complexity index is 381. The summed E-state index contributed by atoms with van der Waals surface area (Å²) in [4.78, 5) is 11.5. The van der Waals surface area contributed by atoms with Crippen molar-refractivity contribution in [1.82, 2.24) is 10.5 Å². The van der Waals surface area contributed by atoms with E-state index < -0.39 is 17.7 Å². The molecular formula is C11H18N2O4. The van der Waals surface area contributed by atoms with E-state index >= 15 is 0 Å². The second kappa shape index (κ2) is 5.18. The zero-order valence-corrected chi connectivity index (χ0v) is 10.5. The van der Waals surface area contributed by atoms with E-state index in [0.29, 0.717) is 11.5 Å². The molecule has 0 bridgehead atoms. The van der Waals surface area contributed by atoms with E-state index in [2.05, 4.69) is 10.5 Å². The van der Waals surface area contributed by atoms with Gasteiger partial charge in [-0.25, -0.2) is 4.79 Å². The lowest BCUT2D eigenvalue weighted by Crippen LogP contribution is -2.36. The number of aryl methyl sites for hydroxylation is 1. The summed E-state index contributed by atoms with van der Waals surface area (Å²) >= 11 is 0. The smallest absolute Gasteiger partial charge is 0.408 e. The zero-order chi connectivity index (χ0) is 13.1. The molecule has 1 aromatic rings. The normalized spacial score (nSPS) is 13.2. The number of hydrogen-bond acceptors (Lipinski definition) is 5. The molecule has 0 saturated carbocycles. The van der Waals surface area contributed by atoms with Gasteiger partial charge in [-0.15, -0.1) is 0 Å². The minimum atomic E-state index is -0.647. The first-order valence-electron chi connectivity index (χ1n) is 5.35. The highest BCUT2D eigenvalue weighted by atomic mass is 16.6. The van der Waals surface area contributed by atoms with Crippen LogP contribution in [0, 0.1) is 6.92 Å². The second-order valence-corrected chi connectivity index (χ2v) is 4.75. The lowest BCUT2D eigenvalue weighted by Gasteiger charge is -2.21. The van der Waals surface area contributed by atoms with Crippen molar-refractivity contribution in [2.45, 2.75) is 39.3 Å². The molecule has 96 valence electrons. The number of aliphatic hydroxyl groups excluding tert-OH is 1. The number of hydrogen-bond donors (Lipinski definition) is 2. The molecule has 0 fully saturated rings. The van der Waals surface area contributed by atoms with Crippen molar-refractivity contribution in [2.24, 2.45) is 0 Å². The molecule has 0 aliphatic heterocycles. The van der Waals surface area contributed by atoms with Gasteiger partial charge in [-0.2, -0.15) is 0 Å². The highest BCUT2D eigenvalue weighted by Crippen LogP contribution is 2.15. The Balaban J connectivity index is 2.62.